The molecule has 0 saturated carbocycles. The molecule has 0 fully saturated rings. The van der Waals surface area contributed by atoms with E-state index in [1.807, 2.05) is 0 Å². The predicted octanol–water partition coefficient (Wildman–Crippen LogP) is 2.37. The summed E-state index contributed by atoms with van der Waals surface area (Å²) in [6, 6.07) is 6.68. The van der Waals surface area contributed by atoms with Crippen LogP contribution in [0.4, 0.5) is 0 Å². The number of guanidine groups is 1. The Morgan fingerprint density at radius 2 is 1.92 bits per heavy atom. The van der Waals surface area contributed by atoms with Crippen molar-refractivity contribution >= 4 is 29.9 Å². The maximum absolute atomic E-state index is 4.28. The van der Waals surface area contributed by atoms with Gasteiger partial charge in [0.05, 0.1) is 6.54 Å². The van der Waals surface area contributed by atoms with Crippen LogP contribution >= 0.6 is 24.0 Å². The molecule has 1 aromatic heterocycles. The Hall–Kier alpha value is -1.64. The van der Waals surface area contributed by atoms with Gasteiger partial charge in [-0.15, -0.1) is 34.2 Å². The highest BCUT2D eigenvalue weighted by atomic mass is 127. The molecular weight excluding hydrogens is 427 g/mol. The zero-order valence-electron chi connectivity index (χ0n) is 15.2. The third-order valence-corrected chi connectivity index (χ3v) is 4.31. The van der Waals surface area contributed by atoms with Crippen LogP contribution in [-0.4, -0.2) is 34.3 Å². The number of hydrogen-bond acceptors (Lipinski definition) is 3. The van der Waals surface area contributed by atoms with Crippen molar-refractivity contribution < 1.29 is 0 Å². The van der Waals surface area contributed by atoms with E-state index in [0.717, 1.165) is 43.5 Å². The smallest absolute Gasteiger partial charge is 0.191 e. The quantitative estimate of drug-likeness (QED) is 0.414. The predicted molar refractivity (Wildman–Crippen MR) is 112 cm³/mol. The Morgan fingerprint density at radius 1 is 1.16 bits per heavy atom. The zero-order valence-corrected chi connectivity index (χ0v) is 17.5. The van der Waals surface area contributed by atoms with Crippen LogP contribution in [0.25, 0.3) is 0 Å². The fourth-order valence-corrected chi connectivity index (χ4v) is 3.26. The van der Waals surface area contributed by atoms with Crippen molar-refractivity contribution in [3.05, 3.63) is 46.5 Å². The van der Waals surface area contributed by atoms with Gasteiger partial charge >= 0.3 is 0 Å². The number of hydrogen-bond donors (Lipinski definition) is 2. The van der Waals surface area contributed by atoms with Crippen molar-refractivity contribution in [3.8, 4) is 0 Å². The van der Waals surface area contributed by atoms with Crippen molar-refractivity contribution in [1.82, 2.24) is 25.4 Å². The molecule has 25 heavy (non-hydrogen) atoms. The summed E-state index contributed by atoms with van der Waals surface area (Å²) < 4.78 is 2.20. The summed E-state index contributed by atoms with van der Waals surface area (Å²) in [5, 5.41) is 15.2. The maximum Gasteiger partial charge on any atom is 0.191 e. The molecule has 2 N–H and O–H groups in total. The lowest BCUT2D eigenvalue weighted by Gasteiger charge is -2.12. The molecule has 1 aliphatic heterocycles. The van der Waals surface area contributed by atoms with Crippen LogP contribution in [0.5, 0.6) is 0 Å². The maximum atomic E-state index is 4.28. The number of halogens is 1. The number of benzene rings is 1. The number of nitrogens with zero attached hydrogens (tertiary/aromatic N) is 4. The van der Waals surface area contributed by atoms with E-state index in [2.05, 4.69) is 62.4 Å². The minimum absolute atomic E-state index is 0. The molecule has 0 radical (unpaired) electrons. The van der Waals surface area contributed by atoms with Crippen LogP contribution < -0.4 is 10.6 Å². The van der Waals surface area contributed by atoms with Gasteiger partial charge in [-0.2, -0.15) is 0 Å². The first-order valence-electron chi connectivity index (χ1n) is 8.58. The van der Waals surface area contributed by atoms with Crippen molar-refractivity contribution in [2.45, 2.75) is 46.2 Å². The molecular formula is C18H27IN6. The first kappa shape index (κ1) is 19.7. The fourth-order valence-electron chi connectivity index (χ4n) is 3.26. The van der Waals surface area contributed by atoms with Crippen LogP contribution in [0.1, 0.15) is 34.8 Å². The fraction of sp³-hybridized carbons (Fsp3) is 0.500. The Balaban J connectivity index is 0.00000225. The summed E-state index contributed by atoms with van der Waals surface area (Å²) >= 11 is 0. The average molecular weight is 454 g/mol. The van der Waals surface area contributed by atoms with Gasteiger partial charge in [-0.25, -0.2) is 0 Å². The van der Waals surface area contributed by atoms with Gasteiger partial charge in [-0.3, -0.25) is 4.99 Å². The SMILES string of the molecule is CN=C(NCCc1cc(C)cc(C)c1)NCc1nnc2n1CCC2.I. The van der Waals surface area contributed by atoms with Crippen molar-refractivity contribution in [1.29, 1.82) is 0 Å². The van der Waals surface area contributed by atoms with E-state index in [1.54, 1.807) is 7.05 Å². The molecule has 1 aromatic carbocycles. The minimum Gasteiger partial charge on any atom is -0.356 e. The lowest BCUT2D eigenvalue weighted by Crippen LogP contribution is -2.38. The molecule has 2 heterocycles. The molecule has 0 spiro atoms. The number of fused-ring (bicyclic) bond motifs is 1. The topological polar surface area (TPSA) is 67.1 Å². The normalized spacial score (nSPS) is 13.3. The third-order valence-electron chi connectivity index (χ3n) is 4.31. The van der Waals surface area contributed by atoms with E-state index in [0.29, 0.717) is 6.54 Å². The van der Waals surface area contributed by atoms with Gasteiger partial charge in [-0.05, 0) is 32.3 Å². The van der Waals surface area contributed by atoms with E-state index in [-0.39, 0.29) is 24.0 Å². The monoisotopic (exact) mass is 454 g/mol. The second kappa shape index (κ2) is 9.17. The zero-order chi connectivity index (χ0) is 16.9. The molecule has 0 saturated heterocycles. The van der Waals surface area contributed by atoms with E-state index < -0.39 is 0 Å². The molecule has 136 valence electrons. The summed E-state index contributed by atoms with van der Waals surface area (Å²) in [5.41, 5.74) is 3.98. The van der Waals surface area contributed by atoms with Gasteiger partial charge in [0.25, 0.3) is 0 Å². The molecule has 3 rings (SSSR count). The first-order valence-corrected chi connectivity index (χ1v) is 8.58. The molecule has 1 aliphatic rings. The summed E-state index contributed by atoms with van der Waals surface area (Å²) in [7, 11) is 1.79. The van der Waals surface area contributed by atoms with Gasteiger partial charge in [0, 0.05) is 26.6 Å². The molecule has 7 heteroatoms. The Labute approximate surface area is 166 Å². The highest BCUT2D eigenvalue weighted by Crippen LogP contribution is 2.13. The molecule has 0 amide bonds. The summed E-state index contributed by atoms with van der Waals surface area (Å²) in [6.07, 6.45) is 3.18. The van der Waals surface area contributed by atoms with Gasteiger partial charge in [0.1, 0.15) is 5.82 Å². The first-order chi connectivity index (χ1) is 11.7. The van der Waals surface area contributed by atoms with Crippen molar-refractivity contribution in [2.75, 3.05) is 13.6 Å². The highest BCUT2D eigenvalue weighted by Gasteiger charge is 2.16. The van der Waals surface area contributed by atoms with Crippen molar-refractivity contribution in [2.24, 2.45) is 4.99 Å². The van der Waals surface area contributed by atoms with Crippen LogP contribution in [0, 0.1) is 13.8 Å². The van der Waals surface area contributed by atoms with Gasteiger partial charge in [0.2, 0.25) is 0 Å². The van der Waals surface area contributed by atoms with Crippen molar-refractivity contribution in [3.63, 3.8) is 0 Å². The Kier molecular flexibility index (Phi) is 7.22. The second-order valence-electron chi connectivity index (χ2n) is 6.39. The van der Waals surface area contributed by atoms with Crippen LogP contribution in [-0.2, 0) is 25.9 Å². The van der Waals surface area contributed by atoms with Gasteiger partial charge in [0.15, 0.2) is 11.8 Å². The molecule has 0 aliphatic carbocycles. The Bertz CT molecular complexity index is 717. The summed E-state index contributed by atoms with van der Waals surface area (Å²) in [5.74, 6) is 2.89. The molecule has 0 atom stereocenters. The van der Waals surface area contributed by atoms with Crippen LogP contribution in [0.15, 0.2) is 23.2 Å². The molecule has 6 nitrogen and oxygen atoms in total. The largest absolute Gasteiger partial charge is 0.356 e. The Morgan fingerprint density at radius 3 is 2.64 bits per heavy atom. The van der Waals surface area contributed by atoms with E-state index >= 15 is 0 Å². The molecule has 0 unspecified atom stereocenters. The standard InChI is InChI=1S/C18H26N6.HI/c1-13-9-14(2)11-15(10-13)6-7-20-18(19-3)21-12-17-23-22-16-5-4-8-24(16)17;/h9-11H,4-8,12H2,1-3H3,(H2,19,20,21);1H. The second-order valence-corrected chi connectivity index (χ2v) is 6.39. The lowest BCUT2D eigenvalue weighted by molar-refractivity contribution is 0.662. The number of aromatic nitrogens is 3. The molecule has 2 aromatic rings. The highest BCUT2D eigenvalue weighted by molar-refractivity contribution is 14.0. The third kappa shape index (κ3) is 5.17. The molecule has 0 bridgehead atoms. The number of aryl methyl sites for hydroxylation is 3. The number of rotatable bonds is 5. The van der Waals surface area contributed by atoms with Crippen LogP contribution in [0.3, 0.4) is 0 Å². The number of nitrogens with one attached hydrogen (secondary N) is 2. The minimum atomic E-state index is 0. The van der Waals surface area contributed by atoms with Crippen LogP contribution in [0.2, 0.25) is 0 Å². The van der Waals surface area contributed by atoms with E-state index in [4.69, 9.17) is 0 Å². The summed E-state index contributed by atoms with van der Waals surface area (Å²) in [6.45, 7) is 6.80. The average Bonchev–Trinajstić information content (AvgIpc) is 3.13. The summed E-state index contributed by atoms with van der Waals surface area (Å²) in [4.78, 5) is 4.28. The van der Waals surface area contributed by atoms with Gasteiger partial charge in [-0.1, -0.05) is 29.3 Å². The van der Waals surface area contributed by atoms with E-state index in [1.165, 1.54) is 23.1 Å². The lowest BCUT2D eigenvalue weighted by atomic mass is 10.1. The van der Waals surface area contributed by atoms with E-state index in [9.17, 15) is 0 Å². The van der Waals surface area contributed by atoms with Gasteiger partial charge < -0.3 is 15.2 Å². The number of aliphatic imine (C=N–C) groups is 1.